The lowest BCUT2D eigenvalue weighted by molar-refractivity contribution is -0.123. The molecule has 0 bridgehead atoms. The van der Waals surface area contributed by atoms with Gasteiger partial charge in [0.25, 0.3) is 11.8 Å². The Balaban J connectivity index is 1.97. The second-order valence-electron chi connectivity index (χ2n) is 6.98. The Morgan fingerprint density at radius 3 is 2.40 bits per heavy atom. The van der Waals surface area contributed by atoms with Crippen molar-refractivity contribution >= 4 is 41.2 Å². The fraction of sp³-hybridized carbons (Fsp3) is 0.318. The zero-order valence-electron chi connectivity index (χ0n) is 17.1. The molecule has 30 heavy (non-hydrogen) atoms. The third-order valence-electron chi connectivity index (χ3n) is 4.16. The molecule has 0 spiro atoms. The Morgan fingerprint density at radius 2 is 1.80 bits per heavy atom. The van der Waals surface area contributed by atoms with Crippen molar-refractivity contribution in [2.75, 3.05) is 6.61 Å². The minimum absolute atomic E-state index is 0.151. The van der Waals surface area contributed by atoms with E-state index < -0.39 is 17.9 Å². The topological polar surface area (TPSA) is 79.8 Å². The molecule has 0 fully saturated rings. The van der Waals surface area contributed by atoms with Crippen LogP contribution in [-0.4, -0.2) is 30.7 Å². The highest BCUT2D eigenvalue weighted by Gasteiger charge is 2.24. The highest BCUT2D eigenvalue weighted by Crippen LogP contribution is 2.22. The highest BCUT2D eigenvalue weighted by molar-refractivity contribution is 6.42. The van der Waals surface area contributed by atoms with Crippen molar-refractivity contribution in [1.82, 2.24) is 10.7 Å². The molecule has 2 rings (SSSR count). The van der Waals surface area contributed by atoms with Crippen molar-refractivity contribution in [2.24, 2.45) is 11.0 Å². The zero-order chi connectivity index (χ0) is 22.1. The summed E-state index contributed by atoms with van der Waals surface area (Å²) in [4.78, 5) is 25.0. The summed E-state index contributed by atoms with van der Waals surface area (Å²) in [6.07, 6.45) is 2.47. The number of nitrogens with zero attached hydrogens (tertiary/aromatic N) is 1. The predicted molar refractivity (Wildman–Crippen MR) is 121 cm³/mol. The number of carbonyl (C=O) groups is 2. The number of carbonyl (C=O) groups excluding carboxylic acids is 2. The summed E-state index contributed by atoms with van der Waals surface area (Å²) < 4.78 is 5.53. The molecule has 0 aliphatic carbocycles. The summed E-state index contributed by atoms with van der Waals surface area (Å²) >= 11 is 11.8. The largest absolute Gasteiger partial charge is 0.494 e. The Kier molecular flexibility index (Phi) is 9.15. The van der Waals surface area contributed by atoms with E-state index in [2.05, 4.69) is 15.8 Å². The summed E-state index contributed by atoms with van der Waals surface area (Å²) in [6, 6.07) is 11.1. The number of ether oxygens (including phenoxy) is 1. The average molecular weight is 450 g/mol. The predicted octanol–water partition coefficient (Wildman–Crippen LogP) is 4.69. The minimum Gasteiger partial charge on any atom is -0.494 e. The van der Waals surface area contributed by atoms with Gasteiger partial charge in [0.1, 0.15) is 11.8 Å². The minimum atomic E-state index is -0.770. The number of hydrazone groups is 1. The van der Waals surface area contributed by atoms with Crippen molar-refractivity contribution in [2.45, 2.75) is 33.2 Å². The maximum Gasteiger partial charge on any atom is 0.262 e. The fourth-order valence-electron chi connectivity index (χ4n) is 2.51. The van der Waals surface area contributed by atoms with Crippen LogP contribution in [0, 0.1) is 5.92 Å². The van der Waals surface area contributed by atoms with Gasteiger partial charge in [0.2, 0.25) is 0 Å². The molecule has 2 amide bonds. The molecule has 6 nitrogen and oxygen atoms in total. The van der Waals surface area contributed by atoms with Gasteiger partial charge in [-0.15, -0.1) is 0 Å². The first kappa shape index (κ1) is 23.7. The van der Waals surface area contributed by atoms with Crippen LogP contribution >= 0.6 is 23.2 Å². The molecule has 8 heteroatoms. The lowest BCUT2D eigenvalue weighted by atomic mass is 10.0. The molecule has 0 radical (unpaired) electrons. The van der Waals surface area contributed by atoms with E-state index in [1.165, 1.54) is 18.3 Å². The molecule has 0 saturated heterocycles. The van der Waals surface area contributed by atoms with Gasteiger partial charge in [-0.3, -0.25) is 9.59 Å². The van der Waals surface area contributed by atoms with Gasteiger partial charge in [-0.25, -0.2) is 5.43 Å². The molecule has 0 aromatic heterocycles. The third-order valence-corrected chi connectivity index (χ3v) is 4.90. The van der Waals surface area contributed by atoms with Gasteiger partial charge < -0.3 is 10.1 Å². The van der Waals surface area contributed by atoms with Crippen LogP contribution in [0.4, 0.5) is 0 Å². The van der Waals surface area contributed by atoms with E-state index >= 15 is 0 Å². The molecular formula is C22H25Cl2N3O3. The maximum atomic E-state index is 12.5. The van der Waals surface area contributed by atoms with Gasteiger partial charge in [0, 0.05) is 5.56 Å². The Hall–Kier alpha value is -2.57. The van der Waals surface area contributed by atoms with Gasteiger partial charge in [-0.05, 0) is 60.4 Å². The normalized spacial score (nSPS) is 12.1. The highest BCUT2D eigenvalue weighted by atomic mass is 35.5. The van der Waals surface area contributed by atoms with Crippen LogP contribution in [0.3, 0.4) is 0 Å². The summed E-state index contributed by atoms with van der Waals surface area (Å²) in [5.41, 5.74) is 3.60. The SMILES string of the molecule is CCCOc1ccc(C=NNC(=O)C(NC(=O)c2ccc(Cl)c(Cl)c2)C(C)C)cc1. The summed E-state index contributed by atoms with van der Waals surface area (Å²) in [6.45, 7) is 6.37. The van der Waals surface area contributed by atoms with Crippen molar-refractivity contribution in [1.29, 1.82) is 0 Å². The van der Waals surface area contributed by atoms with Crippen LogP contribution in [0.2, 0.25) is 10.0 Å². The van der Waals surface area contributed by atoms with Crippen molar-refractivity contribution in [3.05, 3.63) is 63.6 Å². The average Bonchev–Trinajstić information content (AvgIpc) is 2.72. The van der Waals surface area contributed by atoms with Crippen LogP contribution in [0.25, 0.3) is 0 Å². The summed E-state index contributed by atoms with van der Waals surface area (Å²) in [5.74, 6) is -0.212. The van der Waals surface area contributed by atoms with Crippen molar-refractivity contribution < 1.29 is 14.3 Å². The van der Waals surface area contributed by atoms with E-state index in [-0.39, 0.29) is 10.9 Å². The zero-order valence-corrected chi connectivity index (χ0v) is 18.6. The van der Waals surface area contributed by atoms with Crippen molar-refractivity contribution in [3.8, 4) is 5.75 Å². The molecule has 1 atom stereocenters. The molecule has 0 aliphatic rings. The van der Waals surface area contributed by atoms with Crippen LogP contribution in [0.15, 0.2) is 47.6 Å². The number of hydrogen-bond donors (Lipinski definition) is 2. The Labute approximate surface area is 186 Å². The molecule has 0 saturated carbocycles. The van der Waals surface area contributed by atoms with Gasteiger partial charge in [-0.2, -0.15) is 5.10 Å². The molecule has 1 unspecified atom stereocenters. The number of hydrogen-bond acceptors (Lipinski definition) is 4. The second kappa shape index (κ2) is 11.6. The number of amides is 2. The number of benzene rings is 2. The number of halogens is 2. The number of rotatable bonds is 9. The molecular weight excluding hydrogens is 425 g/mol. The van der Waals surface area contributed by atoms with E-state index in [1.807, 2.05) is 45.0 Å². The van der Waals surface area contributed by atoms with Crippen LogP contribution < -0.4 is 15.5 Å². The first-order valence-corrected chi connectivity index (χ1v) is 10.4. The molecule has 2 N–H and O–H groups in total. The quantitative estimate of drug-likeness (QED) is 0.430. The van der Waals surface area contributed by atoms with E-state index in [0.29, 0.717) is 17.2 Å². The molecule has 160 valence electrons. The lowest BCUT2D eigenvalue weighted by Gasteiger charge is -2.20. The van der Waals surface area contributed by atoms with Crippen LogP contribution in [0.1, 0.15) is 43.1 Å². The Bertz CT molecular complexity index is 899. The molecule has 0 heterocycles. The second-order valence-corrected chi connectivity index (χ2v) is 7.79. The summed E-state index contributed by atoms with van der Waals surface area (Å²) in [7, 11) is 0. The summed E-state index contributed by atoms with van der Waals surface area (Å²) in [5, 5.41) is 7.32. The van der Waals surface area contributed by atoms with Gasteiger partial charge in [0.05, 0.1) is 22.9 Å². The van der Waals surface area contributed by atoms with Crippen molar-refractivity contribution in [3.63, 3.8) is 0 Å². The van der Waals surface area contributed by atoms with E-state index in [1.54, 1.807) is 6.07 Å². The molecule has 2 aromatic carbocycles. The van der Waals surface area contributed by atoms with Gasteiger partial charge in [-0.1, -0.05) is 44.0 Å². The molecule has 0 aliphatic heterocycles. The van der Waals surface area contributed by atoms with Crippen LogP contribution in [0.5, 0.6) is 5.75 Å². The first-order chi connectivity index (χ1) is 14.3. The Morgan fingerprint density at radius 1 is 1.10 bits per heavy atom. The first-order valence-electron chi connectivity index (χ1n) is 9.63. The molecule has 2 aromatic rings. The van der Waals surface area contributed by atoms with E-state index in [4.69, 9.17) is 27.9 Å². The van der Waals surface area contributed by atoms with Gasteiger partial charge in [0.15, 0.2) is 0 Å². The van der Waals surface area contributed by atoms with Crippen LogP contribution in [-0.2, 0) is 4.79 Å². The maximum absolute atomic E-state index is 12.5. The third kappa shape index (κ3) is 7.04. The smallest absolute Gasteiger partial charge is 0.262 e. The standard InChI is InChI=1S/C22H25Cl2N3O3/c1-4-11-30-17-8-5-15(6-9-17)13-25-27-22(29)20(14(2)3)26-21(28)16-7-10-18(23)19(24)12-16/h5-10,12-14,20H,4,11H2,1-3H3,(H,26,28)(H,27,29). The van der Waals surface area contributed by atoms with E-state index in [0.717, 1.165) is 17.7 Å². The van der Waals surface area contributed by atoms with Gasteiger partial charge >= 0.3 is 0 Å². The van der Waals surface area contributed by atoms with E-state index in [9.17, 15) is 9.59 Å². The monoisotopic (exact) mass is 449 g/mol. The lowest BCUT2D eigenvalue weighted by Crippen LogP contribution is -2.48. The number of nitrogens with one attached hydrogen (secondary N) is 2. The fourth-order valence-corrected chi connectivity index (χ4v) is 2.80.